The molecule has 0 atom stereocenters. The number of aromatic nitrogens is 4. The van der Waals surface area contributed by atoms with E-state index in [1.807, 2.05) is 0 Å². The molecule has 0 fully saturated rings. The molecule has 16 heavy (non-hydrogen) atoms. The van der Waals surface area contributed by atoms with Crippen LogP contribution in [0.1, 0.15) is 12.1 Å². The summed E-state index contributed by atoms with van der Waals surface area (Å²) in [6, 6.07) is 0. The van der Waals surface area contributed by atoms with Crippen molar-refractivity contribution in [1.29, 1.82) is 0 Å². The van der Waals surface area contributed by atoms with Crippen LogP contribution in [-0.4, -0.2) is 45.5 Å². The van der Waals surface area contributed by atoms with E-state index in [1.54, 1.807) is 6.33 Å². The molecule has 0 aliphatic heterocycles. The molecule has 5 nitrogen and oxygen atoms in total. The number of aromatic amines is 1. The summed E-state index contributed by atoms with van der Waals surface area (Å²) in [6.07, 6.45) is 3.59. The lowest BCUT2D eigenvalue weighted by Gasteiger charge is -2.08. The van der Waals surface area contributed by atoms with Crippen LogP contribution in [0, 0.1) is 0 Å². The fraction of sp³-hybridized carbons (Fsp3) is 0.500. The lowest BCUT2D eigenvalue weighted by molar-refractivity contribution is 0.399. The summed E-state index contributed by atoms with van der Waals surface area (Å²) in [4.78, 5) is 17.9. The molecule has 0 aromatic carbocycles. The van der Waals surface area contributed by atoms with Crippen molar-refractivity contribution in [3.05, 3.63) is 12.0 Å². The maximum atomic E-state index is 4.32. The molecule has 0 saturated heterocycles. The molecule has 1 N–H and O–H groups in total. The van der Waals surface area contributed by atoms with Crippen molar-refractivity contribution >= 4 is 23.8 Å². The zero-order valence-corrected chi connectivity index (χ0v) is 10.3. The average molecular weight is 237 g/mol. The highest BCUT2D eigenvalue weighted by atomic mass is 32.1. The van der Waals surface area contributed by atoms with Crippen LogP contribution in [-0.2, 0) is 6.42 Å². The van der Waals surface area contributed by atoms with Crippen LogP contribution in [0.3, 0.4) is 0 Å². The Morgan fingerprint density at radius 2 is 2.19 bits per heavy atom. The smallest absolute Gasteiger partial charge is 0.186 e. The highest BCUT2D eigenvalue weighted by Gasteiger charge is 2.08. The second kappa shape index (κ2) is 4.80. The number of H-pyrrole nitrogens is 1. The van der Waals surface area contributed by atoms with Crippen molar-refractivity contribution < 1.29 is 0 Å². The number of nitrogens with zero attached hydrogens (tertiary/aromatic N) is 4. The van der Waals surface area contributed by atoms with Crippen LogP contribution >= 0.6 is 12.6 Å². The van der Waals surface area contributed by atoms with Gasteiger partial charge in [-0.2, -0.15) is 0 Å². The van der Waals surface area contributed by atoms with E-state index in [9.17, 15) is 0 Å². The average Bonchev–Trinajstić information content (AvgIpc) is 2.64. The quantitative estimate of drug-likeness (QED) is 0.618. The summed E-state index contributed by atoms with van der Waals surface area (Å²) in [5.74, 6) is 0. The molecule has 86 valence electrons. The fourth-order valence-corrected chi connectivity index (χ4v) is 1.84. The van der Waals surface area contributed by atoms with Gasteiger partial charge in [0, 0.05) is 0 Å². The first-order chi connectivity index (χ1) is 7.66. The Balaban J connectivity index is 2.19. The number of hydrogen-bond donors (Lipinski definition) is 2. The van der Waals surface area contributed by atoms with E-state index in [0.717, 1.165) is 36.2 Å². The van der Waals surface area contributed by atoms with Gasteiger partial charge in [0.05, 0.1) is 12.0 Å². The Kier molecular flexibility index (Phi) is 3.40. The summed E-state index contributed by atoms with van der Waals surface area (Å²) < 4.78 is 0. The number of fused-ring (bicyclic) bond motifs is 1. The molecular formula is C10H15N5S. The van der Waals surface area contributed by atoms with Gasteiger partial charge in [-0.3, -0.25) is 0 Å². The number of hydrogen-bond acceptors (Lipinski definition) is 5. The molecule has 6 heteroatoms. The van der Waals surface area contributed by atoms with E-state index in [0.29, 0.717) is 5.16 Å². The van der Waals surface area contributed by atoms with Gasteiger partial charge in [0.2, 0.25) is 0 Å². The van der Waals surface area contributed by atoms with E-state index < -0.39 is 0 Å². The van der Waals surface area contributed by atoms with Gasteiger partial charge in [-0.1, -0.05) is 0 Å². The normalized spacial score (nSPS) is 11.5. The SMILES string of the molecule is CN(C)CCCc1nc(S)nc2[nH]cnc12. The Morgan fingerprint density at radius 1 is 1.38 bits per heavy atom. The van der Waals surface area contributed by atoms with Crippen LogP contribution in [0.4, 0.5) is 0 Å². The molecule has 0 bridgehead atoms. The molecule has 0 radical (unpaired) electrons. The Hall–Kier alpha value is -1.14. The molecule has 0 saturated carbocycles. The second-order valence-corrected chi connectivity index (χ2v) is 4.38. The predicted octanol–water partition coefficient (Wildman–Crippen LogP) is 1.14. The predicted molar refractivity (Wildman–Crippen MR) is 65.8 cm³/mol. The largest absolute Gasteiger partial charge is 0.329 e. The minimum absolute atomic E-state index is 0.497. The maximum Gasteiger partial charge on any atom is 0.186 e. The minimum atomic E-state index is 0.497. The van der Waals surface area contributed by atoms with Crippen LogP contribution in [0.2, 0.25) is 0 Å². The van der Waals surface area contributed by atoms with Gasteiger partial charge in [-0.05, 0) is 33.5 Å². The van der Waals surface area contributed by atoms with Crippen molar-refractivity contribution in [3.8, 4) is 0 Å². The lowest BCUT2D eigenvalue weighted by Crippen LogP contribution is -2.14. The van der Waals surface area contributed by atoms with Crippen LogP contribution in [0.5, 0.6) is 0 Å². The van der Waals surface area contributed by atoms with Gasteiger partial charge in [-0.15, -0.1) is 12.6 Å². The summed E-state index contributed by atoms with van der Waals surface area (Å²) in [5, 5.41) is 0.497. The molecular weight excluding hydrogens is 222 g/mol. The van der Waals surface area contributed by atoms with Crippen molar-refractivity contribution in [3.63, 3.8) is 0 Å². The molecule has 0 aliphatic rings. The van der Waals surface area contributed by atoms with Crippen LogP contribution in [0.15, 0.2) is 11.5 Å². The minimum Gasteiger partial charge on any atom is -0.329 e. The second-order valence-electron chi connectivity index (χ2n) is 3.98. The Bertz CT molecular complexity index is 479. The molecule has 0 spiro atoms. The number of rotatable bonds is 4. The Labute approximate surface area is 99.7 Å². The lowest BCUT2D eigenvalue weighted by atomic mass is 10.2. The van der Waals surface area contributed by atoms with Gasteiger partial charge in [-0.25, -0.2) is 15.0 Å². The van der Waals surface area contributed by atoms with Crippen molar-refractivity contribution in [1.82, 2.24) is 24.8 Å². The molecule has 2 aromatic heterocycles. The van der Waals surface area contributed by atoms with E-state index >= 15 is 0 Å². The van der Waals surface area contributed by atoms with Crippen LogP contribution in [0.25, 0.3) is 11.2 Å². The van der Waals surface area contributed by atoms with Crippen LogP contribution < -0.4 is 0 Å². The third-order valence-electron chi connectivity index (χ3n) is 2.36. The Morgan fingerprint density at radius 3 is 2.94 bits per heavy atom. The monoisotopic (exact) mass is 237 g/mol. The molecule has 2 aromatic rings. The first kappa shape index (κ1) is 11.3. The standard InChI is InChI=1S/C10H15N5S/c1-15(2)5-3-4-7-8-9(12-6-11-8)14-10(16)13-7/h6H,3-5H2,1-2H3,(H2,11,12,13,14,16). The number of aryl methyl sites for hydroxylation is 1. The summed E-state index contributed by atoms with van der Waals surface area (Å²) in [5.41, 5.74) is 2.59. The summed E-state index contributed by atoms with van der Waals surface area (Å²) >= 11 is 4.19. The molecule has 0 amide bonds. The molecule has 0 aliphatic carbocycles. The van der Waals surface area contributed by atoms with Crippen molar-refractivity contribution in [2.45, 2.75) is 18.0 Å². The first-order valence-electron chi connectivity index (χ1n) is 5.20. The van der Waals surface area contributed by atoms with E-state index in [1.165, 1.54) is 0 Å². The topological polar surface area (TPSA) is 57.7 Å². The van der Waals surface area contributed by atoms with Gasteiger partial charge in [0.25, 0.3) is 0 Å². The highest BCUT2D eigenvalue weighted by Crippen LogP contribution is 2.14. The van der Waals surface area contributed by atoms with Gasteiger partial charge < -0.3 is 9.88 Å². The van der Waals surface area contributed by atoms with E-state index in [2.05, 4.69) is 51.6 Å². The van der Waals surface area contributed by atoms with E-state index in [4.69, 9.17) is 0 Å². The first-order valence-corrected chi connectivity index (χ1v) is 5.65. The molecule has 0 unspecified atom stereocenters. The zero-order chi connectivity index (χ0) is 11.5. The van der Waals surface area contributed by atoms with Crippen molar-refractivity contribution in [2.75, 3.05) is 20.6 Å². The highest BCUT2D eigenvalue weighted by molar-refractivity contribution is 7.80. The third kappa shape index (κ3) is 2.51. The van der Waals surface area contributed by atoms with Gasteiger partial charge >= 0.3 is 0 Å². The third-order valence-corrected chi connectivity index (χ3v) is 2.56. The summed E-state index contributed by atoms with van der Waals surface area (Å²) in [6.45, 7) is 1.04. The number of thiol groups is 1. The molecule has 2 rings (SSSR count). The fourth-order valence-electron chi connectivity index (χ4n) is 1.62. The zero-order valence-electron chi connectivity index (χ0n) is 9.43. The van der Waals surface area contributed by atoms with E-state index in [-0.39, 0.29) is 0 Å². The summed E-state index contributed by atoms with van der Waals surface area (Å²) in [7, 11) is 4.13. The maximum absolute atomic E-state index is 4.32. The van der Waals surface area contributed by atoms with Gasteiger partial charge in [0.15, 0.2) is 10.8 Å². The molecule has 2 heterocycles. The van der Waals surface area contributed by atoms with Crippen molar-refractivity contribution in [2.24, 2.45) is 0 Å². The number of nitrogens with one attached hydrogen (secondary N) is 1. The van der Waals surface area contributed by atoms with Gasteiger partial charge in [0.1, 0.15) is 5.52 Å². The number of imidazole rings is 1.